The Balaban J connectivity index is 1.66. The first-order chi connectivity index (χ1) is 10.0. The lowest BCUT2D eigenvalue weighted by Crippen LogP contribution is -2.38. The summed E-state index contributed by atoms with van der Waals surface area (Å²) >= 11 is 1.80. The molecule has 1 aliphatic heterocycles. The van der Waals surface area contributed by atoms with Gasteiger partial charge in [-0.25, -0.2) is 0 Å². The highest BCUT2D eigenvalue weighted by molar-refractivity contribution is 7.11. The topological polar surface area (TPSA) is 57.6 Å². The first-order valence-electron chi connectivity index (χ1n) is 7.59. The maximum absolute atomic E-state index is 12.1. The van der Waals surface area contributed by atoms with Crippen molar-refractivity contribution in [2.45, 2.75) is 45.4 Å². The Hall–Kier alpha value is -1.36. The Labute approximate surface area is 129 Å². The highest BCUT2D eigenvalue weighted by atomic mass is 32.1. The lowest BCUT2D eigenvalue weighted by Gasteiger charge is -2.31. The standard InChI is InChI=1S/C16H23NO3S/c1-12-5-6-14(21-12)3-2-4-15(18)17-9-7-13(8-10-17)11-16(19)20/h5-6,13H,2-4,7-11H2,1H3,(H,19,20). The van der Waals surface area contributed by atoms with Crippen LogP contribution in [0.2, 0.25) is 0 Å². The van der Waals surface area contributed by atoms with Gasteiger partial charge in [-0.05, 0) is 50.7 Å². The summed E-state index contributed by atoms with van der Waals surface area (Å²) in [6.07, 6.45) is 4.35. The van der Waals surface area contributed by atoms with Crippen LogP contribution in [0.5, 0.6) is 0 Å². The molecule has 2 heterocycles. The summed E-state index contributed by atoms with van der Waals surface area (Å²) in [5.74, 6) is -0.274. The molecule has 1 fully saturated rings. The van der Waals surface area contributed by atoms with Crippen LogP contribution < -0.4 is 0 Å². The minimum atomic E-state index is -0.731. The Bertz CT molecular complexity index is 489. The van der Waals surface area contributed by atoms with Crippen molar-refractivity contribution in [2.75, 3.05) is 13.1 Å². The minimum absolute atomic E-state index is 0.219. The second kappa shape index (κ2) is 7.59. The number of likely N-dealkylation sites (tertiary alicyclic amines) is 1. The van der Waals surface area contributed by atoms with Crippen molar-refractivity contribution in [2.24, 2.45) is 5.92 Å². The average molecular weight is 309 g/mol. The molecule has 4 nitrogen and oxygen atoms in total. The molecule has 1 saturated heterocycles. The van der Waals surface area contributed by atoms with E-state index in [-0.39, 0.29) is 18.2 Å². The zero-order chi connectivity index (χ0) is 15.2. The van der Waals surface area contributed by atoms with Gasteiger partial charge in [0.25, 0.3) is 0 Å². The van der Waals surface area contributed by atoms with Crippen LogP contribution >= 0.6 is 11.3 Å². The molecule has 1 N–H and O–H groups in total. The number of aliphatic carboxylic acids is 1. The van der Waals surface area contributed by atoms with Gasteiger partial charge in [-0.3, -0.25) is 9.59 Å². The number of hydrogen-bond donors (Lipinski definition) is 1. The summed E-state index contributed by atoms with van der Waals surface area (Å²) in [5.41, 5.74) is 0. The summed E-state index contributed by atoms with van der Waals surface area (Å²) in [6.45, 7) is 3.53. The summed E-state index contributed by atoms with van der Waals surface area (Å²) in [4.78, 5) is 27.4. The highest BCUT2D eigenvalue weighted by Gasteiger charge is 2.23. The maximum atomic E-state index is 12.1. The minimum Gasteiger partial charge on any atom is -0.481 e. The Morgan fingerprint density at radius 2 is 2.05 bits per heavy atom. The van der Waals surface area contributed by atoms with E-state index in [1.807, 2.05) is 4.90 Å². The van der Waals surface area contributed by atoms with E-state index in [2.05, 4.69) is 19.1 Å². The molecule has 0 unspecified atom stereocenters. The molecular formula is C16H23NO3S. The summed E-state index contributed by atoms with van der Waals surface area (Å²) in [6, 6.07) is 4.26. The van der Waals surface area contributed by atoms with Crippen LogP contribution in [0.15, 0.2) is 12.1 Å². The van der Waals surface area contributed by atoms with Gasteiger partial charge in [-0.2, -0.15) is 0 Å². The van der Waals surface area contributed by atoms with Gasteiger partial charge in [-0.15, -0.1) is 11.3 Å². The van der Waals surface area contributed by atoms with Crippen LogP contribution in [0.1, 0.15) is 41.9 Å². The first kappa shape index (κ1) is 16.0. The number of carboxylic acid groups (broad SMARTS) is 1. The zero-order valence-corrected chi connectivity index (χ0v) is 13.3. The SMILES string of the molecule is Cc1ccc(CCCC(=O)N2CCC(CC(=O)O)CC2)s1. The fourth-order valence-electron chi connectivity index (χ4n) is 2.82. The van der Waals surface area contributed by atoms with E-state index in [0.717, 1.165) is 38.8 Å². The Kier molecular flexibility index (Phi) is 5.79. The third-order valence-electron chi connectivity index (χ3n) is 4.04. The number of carbonyl (C=O) groups excluding carboxylic acids is 1. The highest BCUT2D eigenvalue weighted by Crippen LogP contribution is 2.22. The molecule has 0 aliphatic carbocycles. The number of piperidine rings is 1. The molecule has 1 amide bonds. The summed E-state index contributed by atoms with van der Waals surface area (Å²) in [7, 11) is 0. The lowest BCUT2D eigenvalue weighted by atomic mass is 9.93. The molecule has 1 aliphatic rings. The molecule has 0 atom stereocenters. The van der Waals surface area contributed by atoms with Crippen molar-refractivity contribution < 1.29 is 14.7 Å². The van der Waals surface area contributed by atoms with Gasteiger partial charge >= 0.3 is 5.97 Å². The molecule has 0 radical (unpaired) electrons. The smallest absolute Gasteiger partial charge is 0.303 e. The van der Waals surface area contributed by atoms with Gasteiger partial charge in [0.05, 0.1) is 0 Å². The monoisotopic (exact) mass is 309 g/mol. The van der Waals surface area contributed by atoms with Crippen LogP contribution in [-0.2, 0) is 16.0 Å². The molecule has 0 aromatic carbocycles. The second-order valence-electron chi connectivity index (χ2n) is 5.79. The maximum Gasteiger partial charge on any atom is 0.303 e. The summed E-state index contributed by atoms with van der Waals surface area (Å²) < 4.78 is 0. The van der Waals surface area contributed by atoms with Crippen molar-refractivity contribution in [1.82, 2.24) is 4.90 Å². The molecule has 1 aromatic heterocycles. The Morgan fingerprint density at radius 3 is 2.62 bits per heavy atom. The van der Waals surface area contributed by atoms with E-state index in [9.17, 15) is 9.59 Å². The van der Waals surface area contributed by atoms with Crippen molar-refractivity contribution in [1.29, 1.82) is 0 Å². The number of amides is 1. The molecule has 0 saturated carbocycles. The van der Waals surface area contributed by atoms with Crippen LogP contribution in [-0.4, -0.2) is 35.0 Å². The number of thiophene rings is 1. The van der Waals surface area contributed by atoms with Gasteiger partial charge in [0.15, 0.2) is 0 Å². The average Bonchev–Trinajstić information content (AvgIpc) is 2.84. The zero-order valence-electron chi connectivity index (χ0n) is 12.5. The lowest BCUT2D eigenvalue weighted by molar-refractivity contribution is -0.138. The predicted octanol–water partition coefficient (Wildman–Crippen LogP) is 3.09. The molecule has 0 spiro atoms. The van der Waals surface area contributed by atoms with Gasteiger partial charge < -0.3 is 10.0 Å². The van der Waals surface area contributed by atoms with E-state index < -0.39 is 5.97 Å². The second-order valence-corrected chi connectivity index (χ2v) is 7.16. The molecular weight excluding hydrogens is 286 g/mol. The number of hydrogen-bond acceptors (Lipinski definition) is 3. The van der Waals surface area contributed by atoms with Crippen LogP contribution in [0.4, 0.5) is 0 Å². The van der Waals surface area contributed by atoms with Gasteiger partial charge in [-0.1, -0.05) is 0 Å². The number of carbonyl (C=O) groups is 2. The van der Waals surface area contributed by atoms with E-state index >= 15 is 0 Å². The molecule has 116 valence electrons. The third kappa shape index (κ3) is 5.16. The fraction of sp³-hybridized carbons (Fsp3) is 0.625. The van der Waals surface area contributed by atoms with E-state index in [4.69, 9.17) is 5.11 Å². The van der Waals surface area contributed by atoms with Crippen LogP contribution in [0.25, 0.3) is 0 Å². The number of carboxylic acids is 1. The van der Waals surface area contributed by atoms with Crippen LogP contribution in [0, 0.1) is 12.8 Å². The first-order valence-corrected chi connectivity index (χ1v) is 8.41. The molecule has 21 heavy (non-hydrogen) atoms. The van der Waals surface area contributed by atoms with Crippen molar-refractivity contribution in [3.05, 3.63) is 21.9 Å². The van der Waals surface area contributed by atoms with Crippen LogP contribution in [0.3, 0.4) is 0 Å². The van der Waals surface area contributed by atoms with Crippen molar-refractivity contribution in [3.63, 3.8) is 0 Å². The Morgan fingerprint density at radius 1 is 1.33 bits per heavy atom. The quantitative estimate of drug-likeness (QED) is 0.878. The van der Waals surface area contributed by atoms with Crippen molar-refractivity contribution in [3.8, 4) is 0 Å². The summed E-state index contributed by atoms with van der Waals surface area (Å²) in [5, 5.41) is 8.79. The predicted molar refractivity (Wildman–Crippen MR) is 83.6 cm³/mol. The van der Waals surface area contributed by atoms with E-state index in [1.165, 1.54) is 9.75 Å². The third-order valence-corrected chi connectivity index (χ3v) is 5.10. The molecule has 5 heteroatoms. The number of aryl methyl sites for hydroxylation is 2. The van der Waals surface area contributed by atoms with Crippen molar-refractivity contribution >= 4 is 23.2 Å². The van der Waals surface area contributed by atoms with Gasteiger partial charge in [0.1, 0.15) is 0 Å². The fourth-order valence-corrected chi connectivity index (χ4v) is 3.76. The van der Waals surface area contributed by atoms with E-state index in [0.29, 0.717) is 6.42 Å². The van der Waals surface area contributed by atoms with Gasteiger partial charge in [0.2, 0.25) is 5.91 Å². The number of rotatable bonds is 6. The largest absolute Gasteiger partial charge is 0.481 e. The number of nitrogens with zero attached hydrogens (tertiary/aromatic N) is 1. The normalized spacial score (nSPS) is 16.1. The van der Waals surface area contributed by atoms with Gasteiger partial charge in [0, 0.05) is 35.7 Å². The molecule has 1 aromatic rings. The van der Waals surface area contributed by atoms with E-state index in [1.54, 1.807) is 11.3 Å². The molecule has 0 bridgehead atoms. The molecule has 2 rings (SSSR count).